The standard InChI is InChI=1S/C25H31F2N7O2/c1-14-4-6-17(7-5-14)34-12-20(23(32-34)24(26)27)29-25(35)18-10-28-31-19-8-9-21(30-22(18)19)33-11-16(3)36-13-15(33)2/h8-10,12,14-17,24H,4-7,11,13H2,1-3H3,(H,29,35)/t14-,15-,16-,17-/m1/s1. The molecule has 2 fully saturated rings. The van der Waals surface area contributed by atoms with Crippen LogP contribution in [0.1, 0.15) is 75.0 Å². The van der Waals surface area contributed by atoms with Crippen LogP contribution < -0.4 is 10.2 Å². The van der Waals surface area contributed by atoms with Crippen LogP contribution >= 0.6 is 0 Å². The molecule has 3 aromatic rings. The molecule has 4 heterocycles. The molecule has 1 N–H and O–H groups in total. The van der Waals surface area contributed by atoms with Crippen LogP contribution in [0.2, 0.25) is 0 Å². The van der Waals surface area contributed by atoms with Gasteiger partial charge in [-0.25, -0.2) is 13.8 Å². The molecule has 1 aliphatic carbocycles. The number of pyridine rings is 1. The molecule has 5 rings (SSSR count). The summed E-state index contributed by atoms with van der Waals surface area (Å²) in [6.07, 6.45) is 3.88. The molecule has 0 radical (unpaired) electrons. The molecule has 0 spiro atoms. The smallest absolute Gasteiger partial charge is 0.284 e. The van der Waals surface area contributed by atoms with Gasteiger partial charge in [0, 0.05) is 12.7 Å². The molecule has 3 aromatic heterocycles. The summed E-state index contributed by atoms with van der Waals surface area (Å²) >= 11 is 0. The molecule has 1 saturated heterocycles. The number of amides is 1. The van der Waals surface area contributed by atoms with Gasteiger partial charge in [0.2, 0.25) is 0 Å². The van der Waals surface area contributed by atoms with Crippen LogP contribution in [0.25, 0.3) is 11.0 Å². The lowest BCUT2D eigenvalue weighted by molar-refractivity contribution is 0.0340. The van der Waals surface area contributed by atoms with Gasteiger partial charge in [0.1, 0.15) is 16.9 Å². The highest BCUT2D eigenvalue weighted by Gasteiger charge is 2.28. The molecule has 2 aliphatic rings. The molecule has 1 saturated carbocycles. The van der Waals surface area contributed by atoms with Crippen LogP contribution in [0.15, 0.2) is 24.5 Å². The van der Waals surface area contributed by atoms with Crippen molar-refractivity contribution in [1.29, 1.82) is 0 Å². The van der Waals surface area contributed by atoms with Crippen LogP contribution in [0.3, 0.4) is 0 Å². The first kappa shape index (κ1) is 24.5. The largest absolute Gasteiger partial charge is 0.375 e. The zero-order valence-corrected chi connectivity index (χ0v) is 20.7. The predicted octanol–water partition coefficient (Wildman–Crippen LogP) is 4.78. The summed E-state index contributed by atoms with van der Waals surface area (Å²) in [6.45, 7) is 7.48. The topological polar surface area (TPSA) is 98.1 Å². The van der Waals surface area contributed by atoms with Crippen molar-refractivity contribution in [2.45, 2.75) is 71.1 Å². The minimum Gasteiger partial charge on any atom is -0.375 e. The zero-order valence-electron chi connectivity index (χ0n) is 20.7. The zero-order chi connectivity index (χ0) is 25.4. The van der Waals surface area contributed by atoms with E-state index in [1.165, 1.54) is 12.4 Å². The first-order valence-corrected chi connectivity index (χ1v) is 12.5. The Balaban J connectivity index is 1.44. The lowest BCUT2D eigenvalue weighted by Gasteiger charge is -2.37. The monoisotopic (exact) mass is 499 g/mol. The lowest BCUT2D eigenvalue weighted by Crippen LogP contribution is -2.47. The Morgan fingerprint density at radius 3 is 2.69 bits per heavy atom. The maximum atomic E-state index is 13.8. The number of hydrogen-bond donors (Lipinski definition) is 1. The van der Waals surface area contributed by atoms with Gasteiger partial charge in [0.15, 0.2) is 5.69 Å². The van der Waals surface area contributed by atoms with Crippen LogP contribution in [-0.2, 0) is 4.74 Å². The maximum absolute atomic E-state index is 13.8. The van der Waals surface area contributed by atoms with Gasteiger partial charge in [-0.15, -0.1) is 5.10 Å². The van der Waals surface area contributed by atoms with Crippen molar-refractivity contribution in [2.75, 3.05) is 23.4 Å². The fourth-order valence-electron chi connectivity index (χ4n) is 5.03. The van der Waals surface area contributed by atoms with Gasteiger partial charge in [-0.05, 0) is 57.6 Å². The summed E-state index contributed by atoms with van der Waals surface area (Å²) in [4.78, 5) is 20.2. The molecular formula is C25H31F2N7O2. The van der Waals surface area contributed by atoms with Crippen molar-refractivity contribution in [3.05, 3.63) is 35.8 Å². The highest BCUT2D eigenvalue weighted by atomic mass is 19.3. The number of carbonyl (C=O) groups is 1. The van der Waals surface area contributed by atoms with Gasteiger partial charge in [-0.1, -0.05) is 6.92 Å². The Bertz CT molecular complexity index is 1240. The van der Waals surface area contributed by atoms with Crippen molar-refractivity contribution in [2.24, 2.45) is 5.92 Å². The SMILES string of the molecule is C[C@@H]1CN(c2ccc3nncc(C(=O)Nc4cn([C@H]5CC[C@H](C)CC5)nc4C(F)F)c3n2)[C@H](C)CO1. The third kappa shape index (κ3) is 4.88. The molecule has 1 aliphatic heterocycles. The number of rotatable bonds is 5. The quantitative estimate of drug-likeness (QED) is 0.540. The summed E-state index contributed by atoms with van der Waals surface area (Å²) in [5.74, 6) is 0.737. The molecule has 36 heavy (non-hydrogen) atoms. The summed E-state index contributed by atoms with van der Waals surface area (Å²) in [7, 11) is 0. The highest BCUT2D eigenvalue weighted by Crippen LogP contribution is 2.34. The van der Waals surface area contributed by atoms with Gasteiger partial charge in [-0.3, -0.25) is 9.48 Å². The van der Waals surface area contributed by atoms with E-state index < -0.39 is 18.0 Å². The normalized spacial score (nSPS) is 24.9. The van der Waals surface area contributed by atoms with Gasteiger partial charge in [0.05, 0.1) is 42.2 Å². The van der Waals surface area contributed by atoms with Gasteiger partial charge in [-0.2, -0.15) is 10.2 Å². The Hall–Kier alpha value is -3.21. The first-order chi connectivity index (χ1) is 17.3. The van der Waals surface area contributed by atoms with Crippen LogP contribution in [0.5, 0.6) is 0 Å². The summed E-state index contributed by atoms with van der Waals surface area (Å²) in [6, 6.07) is 3.77. The molecular weight excluding hydrogens is 468 g/mol. The molecule has 0 unspecified atom stereocenters. The number of aromatic nitrogens is 5. The van der Waals surface area contributed by atoms with E-state index in [0.29, 0.717) is 35.9 Å². The van der Waals surface area contributed by atoms with Crippen LogP contribution in [-0.4, -0.2) is 56.2 Å². The Kier molecular flexibility index (Phi) is 6.83. The number of hydrogen-bond acceptors (Lipinski definition) is 7. The minimum absolute atomic E-state index is 0.00497. The summed E-state index contributed by atoms with van der Waals surface area (Å²) in [5, 5.41) is 14.8. The molecule has 9 nitrogen and oxygen atoms in total. The number of carbonyl (C=O) groups excluding carboxylic acids is 1. The minimum atomic E-state index is -2.81. The Morgan fingerprint density at radius 2 is 1.94 bits per heavy atom. The number of anilines is 2. The van der Waals surface area contributed by atoms with E-state index in [2.05, 4.69) is 32.4 Å². The van der Waals surface area contributed by atoms with Crippen LogP contribution in [0.4, 0.5) is 20.3 Å². The van der Waals surface area contributed by atoms with Gasteiger partial charge >= 0.3 is 0 Å². The van der Waals surface area contributed by atoms with E-state index in [-0.39, 0.29) is 29.4 Å². The number of nitrogens with one attached hydrogen (secondary N) is 1. The molecule has 1 amide bonds. The Labute approximate surface area is 208 Å². The maximum Gasteiger partial charge on any atom is 0.284 e. The third-order valence-corrected chi connectivity index (χ3v) is 7.19. The predicted molar refractivity (Wildman–Crippen MR) is 131 cm³/mol. The number of ether oxygens (including phenoxy) is 1. The second kappa shape index (κ2) is 10.0. The van der Waals surface area contributed by atoms with E-state index in [1.807, 2.05) is 19.9 Å². The number of fused-ring (bicyclic) bond motifs is 1. The van der Waals surface area contributed by atoms with Crippen molar-refractivity contribution in [1.82, 2.24) is 25.0 Å². The van der Waals surface area contributed by atoms with Crippen LogP contribution in [0, 0.1) is 5.92 Å². The molecule has 11 heteroatoms. The first-order valence-electron chi connectivity index (χ1n) is 12.5. The number of halogens is 2. The van der Waals surface area contributed by atoms with E-state index >= 15 is 0 Å². The second-order valence-corrected chi connectivity index (χ2v) is 10.0. The molecule has 0 bridgehead atoms. The van der Waals surface area contributed by atoms with Crippen molar-refractivity contribution in [3.8, 4) is 0 Å². The fourth-order valence-corrected chi connectivity index (χ4v) is 5.03. The third-order valence-electron chi connectivity index (χ3n) is 7.19. The summed E-state index contributed by atoms with van der Waals surface area (Å²) in [5.41, 5.74) is 0.541. The molecule has 192 valence electrons. The number of morpholine rings is 1. The van der Waals surface area contributed by atoms with Crippen molar-refractivity contribution < 1.29 is 18.3 Å². The summed E-state index contributed by atoms with van der Waals surface area (Å²) < 4.78 is 35.0. The van der Waals surface area contributed by atoms with E-state index in [1.54, 1.807) is 10.7 Å². The molecule has 0 aromatic carbocycles. The Morgan fingerprint density at radius 1 is 1.17 bits per heavy atom. The van der Waals surface area contributed by atoms with Crippen molar-refractivity contribution in [3.63, 3.8) is 0 Å². The second-order valence-electron chi connectivity index (χ2n) is 10.0. The van der Waals surface area contributed by atoms with E-state index in [9.17, 15) is 13.6 Å². The van der Waals surface area contributed by atoms with E-state index in [4.69, 9.17) is 9.72 Å². The molecule has 2 atom stereocenters. The number of alkyl halides is 2. The fraction of sp³-hybridized carbons (Fsp3) is 0.560. The average molecular weight is 500 g/mol. The van der Waals surface area contributed by atoms with E-state index in [0.717, 1.165) is 25.7 Å². The van der Waals surface area contributed by atoms with Gasteiger partial charge in [0.25, 0.3) is 12.3 Å². The van der Waals surface area contributed by atoms with Crippen molar-refractivity contribution >= 4 is 28.4 Å². The highest BCUT2D eigenvalue weighted by molar-refractivity contribution is 6.11. The average Bonchev–Trinajstić information content (AvgIpc) is 3.29. The van der Waals surface area contributed by atoms with Gasteiger partial charge < -0.3 is 15.0 Å². The number of nitrogens with zero attached hydrogens (tertiary/aromatic N) is 6. The lowest BCUT2D eigenvalue weighted by atomic mass is 9.87.